The lowest BCUT2D eigenvalue weighted by atomic mass is 10.2. The molecule has 4 rings (SSSR count). The summed E-state index contributed by atoms with van der Waals surface area (Å²) in [6, 6.07) is 6.43. The van der Waals surface area contributed by atoms with Crippen LogP contribution in [0.5, 0.6) is 0 Å². The Bertz CT molecular complexity index is 1570. The second-order valence-electron chi connectivity index (χ2n) is 7.03. The number of nitrogens with one attached hydrogen (secondary N) is 2. The molecule has 0 unspecified atom stereocenters. The van der Waals surface area contributed by atoms with E-state index in [2.05, 4.69) is 30.5 Å². The molecular formula is C19H15ClFN7O6S2. The van der Waals surface area contributed by atoms with Gasteiger partial charge in [-0.1, -0.05) is 28.5 Å². The van der Waals surface area contributed by atoms with Gasteiger partial charge in [-0.15, -0.1) is 0 Å². The van der Waals surface area contributed by atoms with Crippen molar-refractivity contribution in [2.45, 2.75) is 5.03 Å². The highest BCUT2D eigenvalue weighted by Gasteiger charge is 2.23. The van der Waals surface area contributed by atoms with Gasteiger partial charge in [0.15, 0.2) is 10.7 Å². The van der Waals surface area contributed by atoms with Crippen molar-refractivity contribution in [3.63, 3.8) is 0 Å². The average Bonchev–Trinajstić information content (AvgIpc) is 3.44. The molecule has 0 saturated carbocycles. The molecule has 2 N–H and O–H groups in total. The summed E-state index contributed by atoms with van der Waals surface area (Å²) in [5, 5.41) is 14.0. The topological polar surface area (TPSA) is 175 Å². The zero-order valence-corrected chi connectivity index (χ0v) is 20.5. The second kappa shape index (κ2) is 10.5. The number of nitrogens with zero attached hydrogens (tertiary/aromatic N) is 5. The lowest BCUT2D eigenvalue weighted by Gasteiger charge is -2.06. The fourth-order valence-corrected chi connectivity index (χ4v) is 4.28. The quantitative estimate of drug-likeness (QED) is 0.228. The van der Waals surface area contributed by atoms with E-state index in [4.69, 9.17) is 20.8 Å². The van der Waals surface area contributed by atoms with E-state index in [9.17, 15) is 22.4 Å². The van der Waals surface area contributed by atoms with Crippen molar-refractivity contribution < 1.29 is 26.8 Å². The molecule has 0 spiro atoms. The van der Waals surface area contributed by atoms with Crippen LogP contribution >= 0.6 is 23.4 Å². The van der Waals surface area contributed by atoms with Crippen molar-refractivity contribution in [2.75, 3.05) is 23.3 Å². The van der Waals surface area contributed by atoms with Crippen molar-refractivity contribution in [1.29, 1.82) is 0 Å². The van der Waals surface area contributed by atoms with E-state index >= 15 is 0 Å². The monoisotopic (exact) mass is 555 g/mol. The first-order valence-corrected chi connectivity index (χ1v) is 13.1. The molecule has 3 aromatic heterocycles. The summed E-state index contributed by atoms with van der Waals surface area (Å²) >= 11 is 6.98. The van der Waals surface area contributed by atoms with Crippen LogP contribution in [-0.2, 0) is 10.0 Å². The summed E-state index contributed by atoms with van der Waals surface area (Å²) in [4.78, 5) is 28.4. The second-order valence-corrected chi connectivity index (χ2v) is 10.3. The third-order valence-electron chi connectivity index (χ3n) is 4.38. The molecule has 0 aliphatic rings. The number of carbonyl (C=O) groups is 1. The zero-order chi connectivity index (χ0) is 25.9. The minimum Gasteiger partial charge on any atom is -0.351 e. The summed E-state index contributed by atoms with van der Waals surface area (Å²) in [6.45, 7) is 0.207. The number of anilines is 1. The van der Waals surface area contributed by atoms with Crippen molar-refractivity contribution in [3.05, 3.63) is 63.5 Å². The molecule has 1 aromatic carbocycles. The molecule has 1 amide bonds. The largest absolute Gasteiger partial charge is 0.446 e. The van der Waals surface area contributed by atoms with Crippen molar-refractivity contribution in [3.8, 4) is 17.2 Å². The summed E-state index contributed by atoms with van der Waals surface area (Å²) in [6.07, 6.45) is 2.23. The van der Waals surface area contributed by atoms with Crippen LogP contribution in [0.25, 0.3) is 17.2 Å². The van der Waals surface area contributed by atoms with Crippen molar-refractivity contribution >= 4 is 45.1 Å². The molecular weight excluding hydrogens is 541 g/mol. The Hall–Kier alpha value is -3.76. The number of carbonyl (C=O) groups excluding carboxylic acids is 1. The number of amides is 1. The van der Waals surface area contributed by atoms with Crippen LogP contribution in [0.1, 0.15) is 10.4 Å². The van der Waals surface area contributed by atoms with Gasteiger partial charge in [0.1, 0.15) is 11.6 Å². The molecule has 0 aliphatic heterocycles. The molecule has 0 aliphatic carbocycles. The van der Waals surface area contributed by atoms with Gasteiger partial charge in [0, 0.05) is 18.5 Å². The van der Waals surface area contributed by atoms with Gasteiger partial charge >= 0.3 is 5.76 Å². The number of sulfonamides is 1. The Morgan fingerprint density at radius 2 is 2.03 bits per heavy atom. The van der Waals surface area contributed by atoms with Crippen LogP contribution in [0.15, 0.2) is 55.5 Å². The molecule has 0 atom stereocenters. The molecule has 0 bridgehead atoms. The van der Waals surface area contributed by atoms with Gasteiger partial charge in [-0.05, 0) is 40.6 Å². The Balaban J connectivity index is 1.40. The SMILES string of the molecule is CS(=O)(=O)Nc1ccc(C(=O)NCCSc2nonc2-c2noc(=O)n2-c2ccc(F)c(Cl)c2)cn1. The number of hydrogen-bond acceptors (Lipinski definition) is 11. The minimum absolute atomic E-state index is 0.0377. The number of benzene rings is 1. The van der Waals surface area contributed by atoms with E-state index in [1.807, 2.05) is 0 Å². The van der Waals surface area contributed by atoms with Crippen molar-refractivity contribution in [2.24, 2.45) is 0 Å². The molecule has 13 nitrogen and oxygen atoms in total. The van der Waals surface area contributed by atoms with Crippen molar-refractivity contribution in [1.82, 2.24) is 30.3 Å². The van der Waals surface area contributed by atoms with Gasteiger partial charge < -0.3 is 5.32 Å². The van der Waals surface area contributed by atoms with E-state index in [-0.39, 0.29) is 45.2 Å². The highest BCUT2D eigenvalue weighted by molar-refractivity contribution is 7.99. The smallest absolute Gasteiger partial charge is 0.351 e. The van der Waals surface area contributed by atoms with E-state index in [0.29, 0.717) is 5.75 Å². The fraction of sp³-hybridized carbons (Fsp3) is 0.158. The Labute approximate surface area is 211 Å². The third-order valence-corrected chi connectivity index (χ3v) is 6.20. The molecule has 4 aromatic rings. The van der Waals surface area contributed by atoms with Crippen LogP contribution < -0.4 is 15.8 Å². The van der Waals surface area contributed by atoms with Gasteiger partial charge in [0.2, 0.25) is 15.8 Å². The number of halogens is 2. The van der Waals surface area contributed by atoms with Crippen LogP contribution in [0.2, 0.25) is 5.02 Å². The number of thioether (sulfide) groups is 1. The highest BCUT2D eigenvalue weighted by atomic mass is 35.5. The first-order valence-electron chi connectivity index (χ1n) is 9.84. The standard InChI is InChI=1S/C19H15ClFN7O6S2/c1-36(31,32)27-14-5-2-10(9-23-14)17(29)22-6-7-35-18-15(24-34-26-18)16-25-33-19(30)28(16)11-3-4-13(21)12(20)8-11/h2-5,8-9H,6-7H2,1H3,(H,22,29)(H,23,27). The number of hydrogen-bond donors (Lipinski definition) is 2. The number of pyridine rings is 1. The normalized spacial score (nSPS) is 11.4. The third kappa shape index (κ3) is 5.89. The Kier molecular flexibility index (Phi) is 7.37. The zero-order valence-electron chi connectivity index (χ0n) is 18.1. The molecule has 0 saturated heterocycles. The summed E-state index contributed by atoms with van der Waals surface area (Å²) in [5.41, 5.74) is 0.517. The fourth-order valence-electron chi connectivity index (χ4n) is 2.86. The first-order chi connectivity index (χ1) is 17.1. The maximum absolute atomic E-state index is 13.5. The predicted octanol–water partition coefficient (Wildman–Crippen LogP) is 1.96. The lowest BCUT2D eigenvalue weighted by molar-refractivity contribution is 0.0956. The molecule has 17 heteroatoms. The van der Waals surface area contributed by atoms with Crippen LogP contribution in [0.3, 0.4) is 0 Å². The highest BCUT2D eigenvalue weighted by Crippen LogP contribution is 2.28. The first kappa shape index (κ1) is 25.3. The summed E-state index contributed by atoms with van der Waals surface area (Å²) in [7, 11) is -3.48. The van der Waals surface area contributed by atoms with Gasteiger partial charge in [0.25, 0.3) is 5.91 Å². The van der Waals surface area contributed by atoms with Gasteiger partial charge in [-0.25, -0.2) is 31.8 Å². The number of aromatic nitrogens is 5. The average molecular weight is 556 g/mol. The summed E-state index contributed by atoms with van der Waals surface area (Å²) in [5.74, 6) is -1.56. The van der Waals surface area contributed by atoms with E-state index in [0.717, 1.165) is 28.7 Å². The predicted molar refractivity (Wildman–Crippen MR) is 126 cm³/mol. The number of rotatable bonds is 9. The summed E-state index contributed by atoms with van der Waals surface area (Å²) < 4.78 is 48.8. The Morgan fingerprint density at radius 1 is 1.22 bits per heavy atom. The van der Waals surface area contributed by atoms with Crippen LogP contribution in [-0.4, -0.2) is 57.9 Å². The Morgan fingerprint density at radius 3 is 2.72 bits per heavy atom. The van der Waals surface area contributed by atoms with Gasteiger partial charge in [0.05, 0.1) is 22.5 Å². The lowest BCUT2D eigenvalue weighted by Crippen LogP contribution is -2.26. The van der Waals surface area contributed by atoms with Gasteiger partial charge in [-0.2, -0.15) is 0 Å². The van der Waals surface area contributed by atoms with Gasteiger partial charge in [-0.3, -0.25) is 14.0 Å². The molecule has 0 radical (unpaired) electrons. The maximum Gasteiger partial charge on any atom is 0.446 e. The van der Waals surface area contributed by atoms with Crippen LogP contribution in [0.4, 0.5) is 10.2 Å². The molecule has 3 heterocycles. The maximum atomic E-state index is 13.5. The van der Waals surface area contributed by atoms with Crippen LogP contribution in [0, 0.1) is 5.82 Å². The van der Waals surface area contributed by atoms with E-state index in [1.54, 1.807) is 0 Å². The molecule has 0 fully saturated rings. The minimum atomic E-state index is -3.48. The molecule has 188 valence electrons. The van der Waals surface area contributed by atoms with E-state index in [1.165, 1.54) is 30.5 Å². The molecule has 36 heavy (non-hydrogen) atoms. The van der Waals surface area contributed by atoms with E-state index < -0.39 is 27.5 Å².